The summed E-state index contributed by atoms with van der Waals surface area (Å²) < 4.78 is 26.6. The maximum absolute atomic E-state index is 13.6. The summed E-state index contributed by atoms with van der Waals surface area (Å²) >= 11 is 0. The molecule has 1 saturated heterocycles. The van der Waals surface area contributed by atoms with Crippen LogP contribution in [0.15, 0.2) is 42.5 Å². The van der Waals surface area contributed by atoms with E-state index in [4.69, 9.17) is 0 Å². The van der Waals surface area contributed by atoms with Crippen molar-refractivity contribution in [2.24, 2.45) is 0 Å². The molecule has 0 aliphatic carbocycles. The Balaban J connectivity index is 1.50. The van der Waals surface area contributed by atoms with Gasteiger partial charge >= 0.3 is 0 Å². The van der Waals surface area contributed by atoms with Gasteiger partial charge in [0.05, 0.1) is 5.56 Å². The molecule has 0 aromatic heterocycles. The van der Waals surface area contributed by atoms with E-state index < -0.39 is 17.5 Å². The Hall–Kier alpha value is -2.31. The number of hydrogen-bond acceptors (Lipinski definition) is 3. The highest BCUT2D eigenvalue weighted by Crippen LogP contribution is 2.12. The van der Waals surface area contributed by atoms with Gasteiger partial charge in [-0.05, 0) is 29.8 Å². The van der Waals surface area contributed by atoms with Crippen molar-refractivity contribution in [3.8, 4) is 0 Å². The van der Waals surface area contributed by atoms with Crippen LogP contribution in [0.2, 0.25) is 0 Å². The first kappa shape index (κ1) is 19.5. The zero-order valence-electron chi connectivity index (χ0n) is 15.5. The molecule has 144 valence electrons. The lowest BCUT2D eigenvalue weighted by Gasteiger charge is -2.34. The predicted molar refractivity (Wildman–Crippen MR) is 101 cm³/mol. The van der Waals surface area contributed by atoms with Crippen LogP contribution in [0.1, 0.15) is 28.4 Å². The fourth-order valence-electron chi connectivity index (χ4n) is 3.24. The Morgan fingerprint density at radius 2 is 1.59 bits per heavy atom. The zero-order chi connectivity index (χ0) is 19.2. The second-order valence-electron chi connectivity index (χ2n) is 6.83. The molecule has 0 unspecified atom stereocenters. The first-order chi connectivity index (χ1) is 13.0. The molecular weight excluding hydrogens is 348 g/mol. The number of nitrogens with one attached hydrogen (secondary N) is 1. The van der Waals surface area contributed by atoms with E-state index in [1.807, 2.05) is 12.1 Å². The first-order valence-corrected chi connectivity index (χ1v) is 9.31. The minimum Gasteiger partial charge on any atom is -0.348 e. The maximum atomic E-state index is 13.6. The van der Waals surface area contributed by atoms with Crippen molar-refractivity contribution < 1.29 is 13.6 Å². The monoisotopic (exact) mass is 373 g/mol. The van der Waals surface area contributed by atoms with Gasteiger partial charge in [0.2, 0.25) is 0 Å². The van der Waals surface area contributed by atoms with Gasteiger partial charge in [-0.1, -0.05) is 31.2 Å². The topological polar surface area (TPSA) is 35.6 Å². The van der Waals surface area contributed by atoms with Crippen LogP contribution in [-0.2, 0) is 13.1 Å². The van der Waals surface area contributed by atoms with Crippen LogP contribution >= 0.6 is 0 Å². The average Bonchev–Trinajstić information content (AvgIpc) is 2.68. The van der Waals surface area contributed by atoms with Crippen LogP contribution in [0.25, 0.3) is 0 Å². The van der Waals surface area contributed by atoms with Crippen molar-refractivity contribution in [2.75, 3.05) is 32.7 Å². The molecule has 1 aliphatic heterocycles. The van der Waals surface area contributed by atoms with Crippen LogP contribution in [0.4, 0.5) is 8.78 Å². The Morgan fingerprint density at radius 3 is 2.22 bits per heavy atom. The fraction of sp³-hybridized carbons (Fsp3) is 0.381. The smallest absolute Gasteiger partial charge is 0.254 e. The van der Waals surface area contributed by atoms with E-state index in [1.54, 1.807) is 0 Å². The number of carbonyl (C=O) groups is 1. The molecule has 3 rings (SSSR count). The summed E-state index contributed by atoms with van der Waals surface area (Å²) in [6, 6.07) is 11.0. The number of rotatable bonds is 6. The zero-order valence-corrected chi connectivity index (χ0v) is 15.5. The van der Waals surface area contributed by atoms with Crippen molar-refractivity contribution in [3.63, 3.8) is 0 Å². The van der Waals surface area contributed by atoms with Crippen molar-refractivity contribution in [2.45, 2.75) is 20.0 Å². The number of amides is 1. The summed E-state index contributed by atoms with van der Waals surface area (Å²) in [6.45, 7) is 8.90. The summed E-state index contributed by atoms with van der Waals surface area (Å²) in [5, 5.41) is 2.67. The molecule has 2 aromatic rings. The lowest BCUT2D eigenvalue weighted by Crippen LogP contribution is -2.45. The number of likely N-dealkylation sites (N-methyl/N-ethyl adjacent to an activating group) is 1. The molecule has 4 nitrogen and oxygen atoms in total. The third kappa shape index (κ3) is 5.34. The van der Waals surface area contributed by atoms with Gasteiger partial charge in [-0.15, -0.1) is 0 Å². The second kappa shape index (κ2) is 9.06. The van der Waals surface area contributed by atoms with Gasteiger partial charge in [-0.2, -0.15) is 0 Å². The van der Waals surface area contributed by atoms with Gasteiger partial charge < -0.3 is 10.2 Å². The summed E-state index contributed by atoms with van der Waals surface area (Å²) in [5.41, 5.74) is 2.02. The van der Waals surface area contributed by atoms with E-state index >= 15 is 0 Å². The molecule has 0 atom stereocenters. The largest absolute Gasteiger partial charge is 0.348 e. The minimum absolute atomic E-state index is 0.153. The van der Waals surface area contributed by atoms with Crippen LogP contribution in [-0.4, -0.2) is 48.4 Å². The minimum atomic E-state index is -0.856. The van der Waals surface area contributed by atoms with Crippen LogP contribution in [0, 0.1) is 11.6 Å². The van der Waals surface area contributed by atoms with Gasteiger partial charge in [0.25, 0.3) is 5.91 Å². The first-order valence-electron chi connectivity index (χ1n) is 9.31. The highest BCUT2D eigenvalue weighted by atomic mass is 19.1. The standard InChI is InChI=1S/C21H25F2N3O/c1-2-25-9-11-26(12-10-25)15-17-5-3-16(4-6-17)14-24-21(27)19-8-7-18(22)13-20(19)23/h3-8,13H,2,9-12,14-15H2,1H3,(H,24,27). The van der Waals surface area contributed by atoms with E-state index in [-0.39, 0.29) is 5.56 Å². The Bertz CT molecular complexity index is 771. The average molecular weight is 373 g/mol. The molecule has 2 aromatic carbocycles. The molecule has 1 aliphatic rings. The molecule has 0 saturated carbocycles. The molecule has 27 heavy (non-hydrogen) atoms. The van der Waals surface area contributed by atoms with Gasteiger partial charge in [0.1, 0.15) is 11.6 Å². The SMILES string of the molecule is CCN1CCN(Cc2ccc(CNC(=O)c3ccc(F)cc3F)cc2)CC1. The van der Waals surface area contributed by atoms with E-state index in [1.165, 1.54) is 5.56 Å². The molecule has 0 spiro atoms. The fourth-order valence-corrected chi connectivity index (χ4v) is 3.24. The quantitative estimate of drug-likeness (QED) is 0.846. The number of piperazine rings is 1. The van der Waals surface area contributed by atoms with Crippen molar-refractivity contribution >= 4 is 5.91 Å². The van der Waals surface area contributed by atoms with Crippen LogP contribution in [0.3, 0.4) is 0 Å². The van der Waals surface area contributed by atoms with E-state index in [0.717, 1.165) is 57.0 Å². The molecule has 1 amide bonds. The van der Waals surface area contributed by atoms with Crippen molar-refractivity contribution in [1.82, 2.24) is 15.1 Å². The maximum Gasteiger partial charge on any atom is 0.254 e. The number of benzene rings is 2. The van der Waals surface area contributed by atoms with E-state index in [0.29, 0.717) is 12.6 Å². The van der Waals surface area contributed by atoms with E-state index in [9.17, 15) is 13.6 Å². The van der Waals surface area contributed by atoms with Gasteiger partial charge in [-0.3, -0.25) is 9.69 Å². The van der Waals surface area contributed by atoms with Crippen molar-refractivity contribution in [1.29, 1.82) is 0 Å². The number of hydrogen-bond donors (Lipinski definition) is 1. The Labute approximate surface area is 158 Å². The number of carbonyl (C=O) groups excluding carboxylic acids is 1. The third-order valence-electron chi connectivity index (χ3n) is 4.97. The molecule has 1 heterocycles. The van der Waals surface area contributed by atoms with Crippen LogP contribution < -0.4 is 5.32 Å². The highest BCUT2D eigenvalue weighted by molar-refractivity contribution is 5.94. The normalized spacial score (nSPS) is 15.7. The van der Waals surface area contributed by atoms with E-state index in [2.05, 4.69) is 34.2 Å². The van der Waals surface area contributed by atoms with Crippen LogP contribution in [0.5, 0.6) is 0 Å². The number of halogens is 2. The molecule has 0 bridgehead atoms. The summed E-state index contributed by atoms with van der Waals surface area (Å²) in [5.74, 6) is -2.10. The number of nitrogens with zero attached hydrogens (tertiary/aromatic N) is 2. The molecule has 0 radical (unpaired) electrons. The summed E-state index contributed by atoms with van der Waals surface area (Å²) in [4.78, 5) is 16.9. The molecule has 1 N–H and O–H groups in total. The summed E-state index contributed by atoms with van der Waals surface area (Å²) in [6.07, 6.45) is 0. The van der Waals surface area contributed by atoms with Gasteiger partial charge in [0.15, 0.2) is 0 Å². The van der Waals surface area contributed by atoms with Gasteiger partial charge in [0, 0.05) is 45.3 Å². The molecular formula is C21H25F2N3O. The predicted octanol–water partition coefficient (Wildman–Crippen LogP) is 3.03. The molecule has 6 heteroatoms. The lowest BCUT2D eigenvalue weighted by molar-refractivity contribution is 0.0947. The van der Waals surface area contributed by atoms with Gasteiger partial charge in [-0.25, -0.2) is 8.78 Å². The van der Waals surface area contributed by atoms with Crippen molar-refractivity contribution in [3.05, 3.63) is 70.8 Å². The Morgan fingerprint density at radius 1 is 0.963 bits per heavy atom. The summed E-state index contributed by atoms with van der Waals surface area (Å²) in [7, 11) is 0. The lowest BCUT2D eigenvalue weighted by atomic mass is 10.1. The molecule has 1 fully saturated rings. The highest BCUT2D eigenvalue weighted by Gasteiger charge is 2.15. The third-order valence-corrected chi connectivity index (χ3v) is 4.97. The second-order valence-corrected chi connectivity index (χ2v) is 6.83. The Kier molecular flexibility index (Phi) is 6.53.